The van der Waals surface area contributed by atoms with Crippen LogP contribution in [0.15, 0.2) is 70.3 Å². The van der Waals surface area contributed by atoms with Crippen molar-refractivity contribution < 1.29 is 13.9 Å². The molecular formula is C23H18FN3O4. The lowest BCUT2D eigenvalue weighted by molar-refractivity contribution is 0.0602. The number of benzene rings is 2. The maximum Gasteiger partial charge on any atom is 0.338 e. The van der Waals surface area contributed by atoms with Crippen molar-refractivity contribution in [3.63, 3.8) is 0 Å². The SMILES string of the molecule is COC(=O)c1cc(C)nc2c1c(=O)n(Cc1cccc(F)c1)c(=O)n2-c1ccccc1. The van der Waals surface area contributed by atoms with Crippen molar-refractivity contribution in [1.82, 2.24) is 14.1 Å². The van der Waals surface area contributed by atoms with E-state index in [0.717, 1.165) is 4.57 Å². The first-order valence-electron chi connectivity index (χ1n) is 9.46. The second-order valence-corrected chi connectivity index (χ2v) is 6.98. The fraction of sp³-hybridized carbons (Fsp3) is 0.130. The third-order valence-electron chi connectivity index (χ3n) is 4.87. The normalized spacial score (nSPS) is 10.9. The van der Waals surface area contributed by atoms with Crippen molar-refractivity contribution in [2.45, 2.75) is 13.5 Å². The molecule has 0 amide bonds. The van der Waals surface area contributed by atoms with Crippen molar-refractivity contribution in [3.05, 3.63) is 104 Å². The van der Waals surface area contributed by atoms with Crippen LogP contribution in [0.1, 0.15) is 21.6 Å². The predicted molar refractivity (Wildman–Crippen MR) is 113 cm³/mol. The average molecular weight is 419 g/mol. The van der Waals surface area contributed by atoms with E-state index in [-0.39, 0.29) is 23.1 Å². The van der Waals surface area contributed by atoms with E-state index < -0.39 is 23.0 Å². The van der Waals surface area contributed by atoms with Crippen molar-refractivity contribution in [2.75, 3.05) is 7.11 Å². The molecule has 0 fully saturated rings. The lowest BCUT2D eigenvalue weighted by Gasteiger charge is -2.15. The van der Waals surface area contributed by atoms with Crippen LogP contribution in [0, 0.1) is 12.7 Å². The van der Waals surface area contributed by atoms with Crippen molar-refractivity contribution >= 4 is 17.0 Å². The third-order valence-corrected chi connectivity index (χ3v) is 4.87. The Balaban J connectivity index is 2.14. The molecule has 0 atom stereocenters. The molecule has 2 aromatic heterocycles. The monoisotopic (exact) mass is 419 g/mol. The van der Waals surface area contributed by atoms with Gasteiger partial charge in [0.15, 0.2) is 5.65 Å². The van der Waals surface area contributed by atoms with Crippen LogP contribution in [0.4, 0.5) is 4.39 Å². The minimum absolute atomic E-state index is 0.00710. The summed E-state index contributed by atoms with van der Waals surface area (Å²) < 4.78 is 20.8. The van der Waals surface area contributed by atoms with E-state index in [1.807, 2.05) is 0 Å². The van der Waals surface area contributed by atoms with Crippen molar-refractivity contribution in [2.24, 2.45) is 0 Å². The molecule has 0 spiro atoms. The molecular weight excluding hydrogens is 401 g/mol. The number of hydrogen-bond acceptors (Lipinski definition) is 5. The van der Waals surface area contributed by atoms with Crippen molar-refractivity contribution in [3.8, 4) is 5.69 Å². The quantitative estimate of drug-likeness (QED) is 0.475. The number of pyridine rings is 1. The molecule has 0 unspecified atom stereocenters. The number of hydrogen-bond donors (Lipinski definition) is 0. The molecule has 2 aromatic carbocycles. The zero-order chi connectivity index (χ0) is 22.1. The first-order chi connectivity index (χ1) is 14.9. The first kappa shape index (κ1) is 20.2. The van der Waals surface area contributed by atoms with Gasteiger partial charge < -0.3 is 4.74 Å². The number of ether oxygens (including phenoxy) is 1. The minimum atomic E-state index is -0.719. The van der Waals surface area contributed by atoms with Gasteiger partial charge in [-0.3, -0.25) is 9.36 Å². The fourth-order valence-electron chi connectivity index (χ4n) is 3.50. The number of aryl methyl sites for hydroxylation is 1. The van der Waals surface area contributed by atoms with Gasteiger partial charge in [0.05, 0.1) is 30.3 Å². The zero-order valence-electron chi connectivity index (χ0n) is 16.8. The maximum absolute atomic E-state index is 13.7. The van der Waals surface area contributed by atoms with Crippen LogP contribution in [0.5, 0.6) is 0 Å². The highest BCUT2D eigenvalue weighted by Gasteiger charge is 2.22. The van der Waals surface area contributed by atoms with Gasteiger partial charge in [-0.15, -0.1) is 0 Å². The number of rotatable bonds is 4. The second kappa shape index (κ2) is 7.98. The molecule has 0 aliphatic heterocycles. The molecule has 0 bridgehead atoms. The predicted octanol–water partition coefficient (Wildman–Crippen LogP) is 2.83. The number of fused-ring (bicyclic) bond motifs is 1. The third kappa shape index (κ3) is 3.63. The smallest absolute Gasteiger partial charge is 0.338 e. The van der Waals surface area contributed by atoms with Crippen LogP contribution in [0.25, 0.3) is 16.7 Å². The van der Waals surface area contributed by atoms with Gasteiger partial charge in [0.2, 0.25) is 0 Å². The summed E-state index contributed by atoms with van der Waals surface area (Å²) in [4.78, 5) is 43.7. The Morgan fingerprint density at radius 2 is 1.81 bits per heavy atom. The Morgan fingerprint density at radius 1 is 1.06 bits per heavy atom. The highest BCUT2D eigenvalue weighted by atomic mass is 19.1. The number of nitrogens with zero attached hydrogens (tertiary/aromatic N) is 3. The van der Waals surface area contributed by atoms with Crippen LogP contribution in [-0.4, -0.2) is 27.2 Å². The summed E-state index contributed by atoms with van der Waals surface area (Å²) in [5.41, 5.74) is 0.0486. The Bertz CT molecular complexity index is 1420. The topological polar surface area (TPSA) is 83.2 Å². The summed E-state index contributed by atoms with van der Waals surface area (Å²) in [5.74, 6) is -1.20. The number of aromatic nitrogens is 3. The molecule has 0 N–H and O–H groups in total. The summed E-state index contributed by atoms with van der Waals surface area (Å²) in [6, 6.07) is 15.7. The lowest BCUT2D eigenvalue weighted by Crippen LogP contribution is -2.40. The first-order valence-corrected chi connectivity index (χ1v) is 9.46. The van der Waals surface area contributed by atoms with E-state index in [4.69, 9.17) is 4.74 Å². The molecule has 0 saturated heterocycles. The molecule has 0 saturated carbocycles. The van der Waals surface area contributed by atoms with E-state index in [1.54, 1.807) is 43.3 Å². The Morgan fingerprint density at radius 3 is 2.48 bits per heavy atom. The summed E-state index contributed by atoms with van der Waals surface area (Å²) >= 11 is 0. The molecule has 4 rings (SSSR count). The molecule has 156 valence electrons. The number of para-hydroxylation sites is 1. The molecule has 31 heavy (non-hydrogen) atoms. The number of esters is 1. The van der Waals surface area contributed by atoms with Crippen LogP contribution >= 0.6 is 0 Å². The van der Waals surface area contributed by atoms with E-state index in [9.17, 15) is 18.8 Å². The summed E-state index contributed by atoms with van der Waals surface area (Å²) in [6.07, 6.45) is 0. The maximum atomic E-state index is 13.7. The average Bonchev–Trinajstić information content (AvgIpc) is 2.76. The number of halogens is 1. The summed E-state index contributed by atoms with van der Waals surface area (Å²) in [7, 11) is 1.21. The minimum Gasteiger partial charge on any atom is -0.465 e. The van der Waals surface area contributed by atoms with Gasteiger partial charge in [0.1, 0.15) is 5.82 Å². The van der Waals surface area contributed by atoms with E-state index >= 15 is 0 Å². The number of carbonyl (C=O) groups excluding carboxylic acids is 1. The molecule has 0 aliphatic rings. The molecule has 4 aromatic rings. The summed E-state index contributed by atoms with van der Waals surface area (Å²) in [6.45, 7) is 1.48. The van der Waals surface area contributed by atoms with Crippen molar-refractivity contribution in [1.29, 1.82) is 0 Å². The Hall–Kier alpha value is -4.07. The largest absolute Gasteiger partial charge is 0.465 e. The molecule has 0 aliphatic carbocycles. The summed E-state index contributed by atoms with van der Waals surface area (Å²) in [5, 5.41) is -0.0442. The molecule has 2 heterocycles. The van der Waals surface area contributed by atoms with E-state index in [0.29, 0.717) is 16.9 Å². The van der Waals surface area contributed by atoms with Gasteiger partial charge >= 0.3 is 11.7 Å². The van der Waals surface area contributed by atoms with Gasteiger partial charge in [-0.1, -0.05) is 30.3 Å². The number of carbonyl (C=O) groups is 1. The Labute approximate surface area is 176 Å². The molecule has 8 heteroatoms. The lowest BCUT2D eigenvalue weighted by atomic mass is 10.1. The van der Waals surface area contributed by atoms with Gasteiger partial charge in [-0.2, -0.15) is 0 Å². The van der Waals surface area contributed by atoms with E-state index in [2.05, 4.69) is 4.98 Å². The van der Waals surface area contributed by atoms with Gasteiger partial charge in [0.25, 0.3) is 5.56 Å². The van der Waals surface area contributed by atoms with Gasteiger partial charge in [-0.25, -0.2) is 23.5 Å². The van der Waals surface area contributed by atoms with Crippen LogP contribution in [0.2, 0.25) is 0 Å². The molecule has 7 nitrogen and oxygen atoms in total. The van der Waals surface area contributed by atoms with Crippen LogP contribution < -0.4 is 11.2 Å². The van der Waals surface area contributed by atoms with Crippen LogP contribution in [-0.2, 0) is 11.3 Å². The van der Waals surface area contributed by atoms with E-state index in [1.165, 1.54) is 35.9 Å². The van der Waals surface area contributed by atoms with Gasteiger partial charge in [0, 0.05) is 5.69 Å². The standard InChI is InChI=1S/C23H18FN3O4/c1-14-11-18(22(29)31-2)19-20(25-14)27(17-9-4-3-5-10-17)23(30)26(21(19)28)13-15-7-6-8-16(24)12-15/h3-12H,13H2,1-2H3. The second-order valence-electron chi connectivity index (χ2n) is 6.98. The number of methoxy groups -OCH3 is 1. The van der Waals surface area contributed by atoms with Crippen LogP contribution in [0.3, 0.4) is 0 Å². The Kier molecular flexibility index (Phi) is 5.21. The fourth-order valence-corrected chi connectivity index (χ4v) is 3.50. The highest BCUT2D eigenvalue weighted by Crippen LogP contribution is 2.18. The molecule has 0 radical (unpaired) electrons. The zero-order valence-corrected chi connectivity index (χ0v) is 16.8. The van der Waals surface area contributed by atoms with Gasteiger partial charge in [-0.05, 0) is 42.8 Å². The highest BCUT2D eigenvalue weighted by molar-refractivity contribution is 6.02.